The molecule has 0 aliphatic carbocycles. The maximum Gasteiger partial charge on any atom is 0.303 e. The number of aromatic nitrogens is 2. The largest absolute Gasteiger partial charge is 0.463 e. The summed E-state index contributed by atoms with van der Waals surface area (Å²) in [7, 11) is 0. The number of esters is 4. The van der Waals surface area contributed by atoms with E-state index >= 15 is 0 Å². The quantitative estimate of drug-likeness (QED) is 0.457. The highest BCUT2D eigenvalue weighted by Gasteiger charge is 2.52. The molecule has 0 spiro atoms. The number of rotatable bonds is 7. The van der Waals surface area contributed by atoms with Gasteiger partial charge in [0.1, 0.15) is 12.7 Å². The number of carbonyl (C=O) groups excluding carboxylic acids is 4. The number of ether oxygens (including phenoxy) is 5. The first kappa shape index (κ1) is 24.5. The number of nitrogens with zero attached hydrogens (tertiary/aromatic N) is 1. The SMILES string of the molecule is CC(=O)OC[C@@H]1O[C@H](Sc2nc3ccccc3[nH]2)[C@H](OC(C)=O)[C@H](OC(C)=O)[C@@H]1OC(C)=O. The molecule has 1 fully saturated rings. The Morgan fingerprint density at radius 2 is 1.52 bits per heavy atom. The van der Waals surface area contributed by atoms with Crippen LogP contribution >= 0.6 is 11.8 Å². The molecule has 1 N–H and O–H groups in total. The van der Waals surface area contributed by atoms with Crippen molar-refractivity contribution in [1.82, 2.24) is 9.97 Å². The fourth-order valence-electron chi connectivity index (χ4n) is 3.38. The van der Waals surface area contributed by atoms with Gasteiger partial charge < -0.3 is 28.7 Å². The first-order valence-electron chi connectivity index (χ1n) is 10.1. The van der Waals surface area contributed by atoms with Gasteiger partial charge in [-0.1, -0.05) is 23.9 Å². The van der Waals surface area contributed by atoms with E-state index in [0.29, 0.717) is 10.7 Å². The predicted molar refractivity (Wildman–Crippen MR) is 114 cm³/mol. The average molecular weight is 480 g/mol. The Kier molecular flexibility index (Phi) is 7.92. The van der Waals surface area contributed by atoms with Crippen LogP contribution in [0.25, 0.3) is 11.0 Å². The summed E-state index contributed by atoms with van der Waals surface area (Å²) in [4.78, 5) is 54.5. The van der Waals surface area contributed by atoms with Crippen molar-refractivity contribution < 1.29 is 42.9 Å². The van der Waals surface area contributed by atoms with E-state index in [4.69, 9.17) is 23.7 Å². The molecule has 1 aliphatic rings. The van der Waals surface area contributed by atoms with Gasteiger partial charge in [0.05, 0.1) is 11.0 Å². The molecule has 12 heteroatoms. The number of imidazole rings is 1. The number of H-pyrrole nitrogens is 1. The van der Waals surface area contributed by atoms with Crippen molar-refractivity contribution in [3.63, 3.8) is 0 Å². The Morgan fingerprint density at radius 1 is 0.909 bits per heavy atom. The smallest absolute Gasteiger partial charge is 0.303 e. The molecule has 0 bridgehead atoms. The van der Waals surface area contributed by atoms with Crippen molar-refractivity contribution in [2.24, 2.45) is 0 Å². The number of benzene rings is 1. The molecule has 0 radical (unpaired) electrons. The van der Waals surface area contributed by atoms with Crippen LogP contribution < -0.4 is 0 Å². The van der Waals surface area contributed by atoms with E-state index in [0.717, 1.165) is 17.3 Å². The number of para-hydroxylation sites is 2. The van der Waals surface area contributed by atoms with Crippen LogP contribution in [0.2, 0.25) is 0 Å². The van der Waals surface area contributed by atoms with E-state index in [2.05, 4.69) is 9.97 Å². The van der Waals surface area contributed by atoms with Gasteiger partial charge >= 0.3 is 23.9 Å². The van der Waals surface area contributed by atoms with Crippen LogP contribution in [0, 0.1) is 0 Å². The van der Waals surface area contributed by atoms with E-state index in [1.807, 2.05) is 24.3 Å². The highest BCUT2D eigenvalue weighted by molar-refractivity contribution is 7.99. The highest BCUT2D eigenvalue weighted by atomic mass is 32.2. The number of hydrogen-bond donors (Lipinski definition) is 1. The van der Waals surface area contributed by atoms with Gasteiger partial charge in [-0.05, 0) is 12.1 Å². The Labute approximate surface area is 193 Å². The van der Waals surface area contributed by atoms with Gasteiger partial charge in [0.15, 0.2) is 28.9 Å². The first-order chi connectivity index (χ1) is 15.6. The second-order valence-corrected chi connectivity index (χ2v) is 8.33. The average Bonchev–Trinajstić information content (AvgIpc) is 3.12. The van der Waals surface area contributed by atoms with Gasteiger partial charge in [0, 0.05) is 27.7 Å². The molecule has 178 valence electrons. The fourth-order valence-corrected chi connectivity index (χ4v) is 4.46. The summed E-state index contributed by atoms with van der Waals surface area (Å²) >= 11 is 1.09. The van der Waals surface area contributed by atoms with Gasteiger partial charge in [-0.25, -0.2) is 4.98 Å². The molecule has 0 unspecified atom stereocenters. The Hall–Kier alpha value is -3.12. The zero-order chi connectivity index (χ0) is 24.1. The summed E-state index contributed by atoms with van der Waals surface area (Å²) in [6.07, 6.45) is -4.56. The minimum Gasteiger partial charge on any atom is -0.463 e. The van der Waals surface area contributed by atoms with Crippen molar-refractivity contribution in [3.05, 3.63) is 24.3 Å². The van der Waals surface area contributed by atoms with Crippen LogP contribution in [0.5, 0.6) is 0 Å². The molecule has 0 amide bonds. The maximum atomic E-state index is 11.9. The number of nitrogens with one attached hydrogen (secondary N) is 1. The summed E-state index contributed by atoms with van der Waals surface area (Å²) in [5, 5.41) is 0.456. The normalized spacial score (nSPS) is 24.7. The lowest BCUT2D eigenvalue weighted by molar-refractivity contribution is -0.237. The van der Waals surface area contributed by atoms with Crippen LogP contribution in [0.4, 0.5) is 0 Å². The minimum absolute atomic E-state index is 0.283. The first-order valence-corrected chi connectivity index (χ1v) is 10.9. The van der Waals surface area contributed by atoms with Gasteiger partial charge in [-0.3, -0.25) is 19.2 Å². The maximum absolute atomic E-state index is 11.9. The van der Waals surface area contributed by atoms with Crippen LogP contribution in [-0.2, 0) is 42.9 Å². The lowest BCUT2D eigenvalue weighted by Crippen LogP contribution is -2.61. The van der Waals surface area contributed by atoms with Crippen molar-refractivity contribution >= 4 is 46.7 Å². The van der Waals surface area contributed by atoms with Crippen LogP contribution in [-0.4, -0.2) is 70.3 Å². The summed E-state index contributed by atoms with van der Waals surface area (Å²) in [5.74, 6) is -2.60. The van der Waals surface area contributed by atoms with E-state index in [1.54, 1.807) is 0 Å². The van der Waals surface area contributed by atoms with Crippen molar-refractivity contribution in [2.75, 3.05) is 6.61 Å². The molecule has 11 nitrogen and oxygen atoms in total. The van der Waals surface area contributed by atoms with E-state index in [1.165, 1.54) is 27.7 Å². The number of thioether (sulfide) groups is 1. The highest BCUT2D eigenvalue weighted by Crippen LogP contribution is 2.37. The second-order valence-electron chi connectivity index (χ2n) is 7.24. The summed E-state index contributed by atoms with van der Waals surface area (Å²) in [6, 6.07) is 7.36. The van der Waals surface area contributed by atoms with Gasteiger partial charge in [-0.2, -0.15) is 0 Å². The lowest BCUT2D eigenvalue weighted by atomic mass is 9.99. The minimum atomic E-state index is -1.22. The Morgan fingerprint density at radius 3 is 2.12 bits per heavy atom. The molecular formula is C21H24N2O9S. The molecule has 1 saturated heterocycles. The standard InChI is InChI=1S/C21H24N2O9S/c1-10(24)28-9-16-17(29-11(2)25)18(30-12(3)26)19(31-13(4)27)20(32-16)33-21-22-14-7-5-6-8-15(14)23-21/h5-8,16-20H,9H2,1-4H3,(H,22,23)/t16-,17+,18+,19+,20+/m0/s1. The molecule has 2 heterocycles. The molecular weight excluding hydrogens is 456 g/mol. The van der Waals surface area contributed by atoms with Crippen LogP contribution in [0.3, 0.4) is 0 Å². The van der Waals surface area contributed by atoms with Crippen LogP contribution in [0.1, 0.15) is 27.7 Å². The second kappa shape index (κ2) is 10.7. The van der Waals surface area contributed by atoms with E-state index in [-0.39, 0.29) is 6.61 Å². The van der Waals surface area contributed by atoms with Crippen molar-refractivity contribution in [3.8, 4) is 0 Å². The molecule has 2 aromatic rings. The molecule has 33 heavy (non-hydrogen) atoms. The Balaban J connectivity index is 1.98. The van der Waals surface area contributed by atoms with Gasteiger partial charge in [-0.15, -0.1) is 0 Å². The zero-order valence-corrected chi connectivity index (χ0v) is 19.2. The van der Waals surface area contributed by atoms with Crippen molar-refractivity contribution in [2.45, 2.75) is 62.7 Å². The summed E-state index contributed by atoms with van der Waals surface area (Å²) < 4.78 is 27.4. The van der Waals surface area contributed by atoms with Gasteiger partial charge in [0.2, 0.25) is 0 Å². The Bertz CT molecular complexity index is 1010. The fraction of sp³-hybridized carbons (Fsp3) is 0.476. The third-order valence-corrected chi connectivity index (χ3v) is 5.57. The number of carbonyl (C=O) groups is 4. The van der Waals surface area contributed by atoms with Crippen LogP contribution in [0.15, 0.2) is 29.4 Å². The van der Waals surface area contributed by atoms with Gasteiger partial charge in [0.25, 0.3) is 0 Å². The molecule has 1 aromatic carbocycles. The third-order valence-electron chi connectivity index (χ3n) is 4.54. The monoisotopic (exact) mass is 480 g/mol. The predicted octanol–water partition coefficient (Wildman–Crippen LogP) is 1.74. The molecule has 0 saturated carbocycles. The molecule has 1 aliphatic heterocycles. The zero-order valence-electron chi connectivity index (χ0n) is 18.4. The molecule has 5 atom stereocenters. The number of aromatic amines is 1. The van der Waals surface area contributed by atoms with Crippen molar-refractivity contribution in [1.29, 1.82) is 0 Å². The lowest BCUT2D eigenvalue weighted by Gasteiger charge is -2.43. The third kappa shape index (κ3) is 6.45. The summed E-state index contributed by atoms with van der Waals surface area (Å²) in [5.41, 5.74) is 0.558. The van der Waals surface area contributed by atoms with E-state index in [9.17, 15) is 19.2 Å². The molecule has 1 aromatic heterocycles. The number of fused-ring (bicyclic) bond motifs is 1. The number of hydrogen-bond acceptors (Lipinski definition) is 11. The summed E-state index contributed by atoms with van der Waals surface area (Å²) in [6.45, 7) is 4.47. The topological polar surface area (TPSA) is 143 Å². The van der Waals surface area contributed by atoms with E-state index < -0.39 is 53.7 Å². The molecule has 3 rings (SSSR count).